The maximum absolute atomic E-state index is 11.3. The highest BCUT2D eigenvalue weighted by Crippen LogP contribution is 2.09. The predicted molar refractivity (Wildman–Crippen MR) is 55.6 cm³/mol. The van der Waals surface area contributed by atoms with Crippen LogP contribution in [0.5, 0.6) is 0 Å². The lowest BCUT2D eigenvalue weighted by molar-refractivity contribution is -0.147. The summed E-state index contributed by atoms with van der Waals surface area (Å²) >= 11 is 0. The minimum atomic E-state index is -1.18. The summed E-state index contributed by atoms with van der Waals surface area (Å²) in [6, 6.07) is 0. The third-order valence-electron chi connectivity index (χ3n) is 2.27. The summed E-state index contributed by atoms with van der Waals surface area (Å²) < 4.78 is 5.00. The van der Waals surface area contributed by atoms with Crippen molar-refractivity contribution in [3.63, 3.8) is 0 Å². The van der Waals surface area contributed by atoms with Crippen molar-refractivity contribution in [2.45, 2.75) is 39.2 Å². The molecule has 2 N–H and O–H groups in total. The van der Waals surface area contributed by atoms with E-state index in [0.29, 0.717) is 19.6 Å². The molecule has 0 fully saturated rings. The van der Waals surface area contributed by atoms with Gasteiger partial charge in [0.1, 0.15) is 5.54 Å². The molecule has 1 atom stereocenters. The molecule has 1 unspecified atom stereocenters. The van der Waals surface area contributed by atoms with Crippen LogP contribution in [-0.4, -0.2) is 35.7 Å². The van der Waals surface area contributed by atoms with Crippen LogP contribution in [0.25, 0.3) is 0 Å². The van der Waals surface area contributed by atoms with Gasteiger partial charge in [0.15, 0.2) is 0 Å². The second kappa shape index (κ2) is 6.40. The third kappa shape index (κ3) is 4.78. The summed E-state index contributed by atoms with van der Waals surface area (Å²) in [5.41, 5.74) is -1.18. The van der Waals surface area contributed by atoms with E-state index in [-0.39, 0.29) is 12.3 Å². The number of amides is 1. The SMILES string of the molecule is CCOCCC(=O)NC(C)(CC)C(=O)O. The summed E-state index contributed by atoms with van der Waals surface area (Å²) in [5, 5.41) is 11.4. The van der Waals surface area contributed by atoms with Crippen LogP contribution < -0.4 is 5.32 Å². The molecule has 0 heterocycles. The molecule has 1 amide bonds. The quantitative estimate of drug-likeness (QED) is 0.618. The van der Waals surface area contributed by atoms with Crippen LogP contribution >= 0.6 is 0 Å². The number of aliphatic carboxylic acids is 1. The molecule has 0 aromatic rings. The van der Waals surface area contributed by atoms with E-state index in [0.717, 1.165) is 0 Å². The number of hydrogen-bond donors (Lipinski definition) is 2. The molecule has 0 spiro atoms. The Morgan fingerprint density at radius 1 is 1.40 bits per heavy atom. The maximum Gasteiger partial charge on any atom is 0.329 e. The van der Waals surface area contributed by atoms with E-state index in [4.69, 9.17) is 9.84 Å². The Labute approximate surface area is 89.8 Å². The molecule has 0 rings (SSSR count). The van der Waals surface area contributed by atoms with Gasteiger partial charge in [0, 0.05) is 13.0 Å². The van der Waals surface area contributed by atoms with Gasteiger partial charge in [0.25, 0.3) is 0 Å². The molecule has 88 valence electrons. The lowest BCUT2D eigenvalue weighted by Crippen LogP contribution is -2.51. The third-order valence-corrected chi connectivity index (χ3v) is 2.27. The Balaban J connectivity index is 4.08. The smallest absolute Gasteiger partial charge is 0.329 e. The molecular weight excluding hydrogens is 198 g/mol. The number of rotatable bonds is 7. The van der Waals surface area contributed by atoms with Gasteiger partial charge in [0.2, 0.25) is 5.91 Å². The Bertz CT molecular complexity index is 229. The number of ether oxygens (including phenoxy) is 1. The van der Waals surface area contributed by atoms with Gasteiger partial charge in [-0.1, -0.05) is 6.92 Å². The lowest BCUT2D eigenvalue weighted by Gasteiger charge is -2.24. The van der Waals surface area contributed by atoms with Crippen LogP contribution in [0.15, 0.2) is 0 Å². The van der Waals surface area contributed by atoms with Crippen molar-refractivity contribution in [1.82, 2.24) is 5.32 Å². The van der Waals surface area contributed by atoms with Crippen molar-refractivity contribution in [3.05, 3.63) is 0 Å². The van der Waals surface area contributed by atoms with Crippen LogP contribution in [0.3, 0.4) is 0 Å². The van der Waals surface area contributed by atoms with Crippen molar-refractivity contribution < 1.29 is 19.4 Å². The topological polar surface area (TPSA) is 75.6 Å². The van der Waals surface area contributed by atoms with Crippen LogP contribution in [0.2, 0.25) is 0 Å². The molecular formula is C10H19NO4. The highest BCUT2D eigenvalue weighted by molar-refractivity contribution is 5.86. The minimum absolute atomic E-state index is 0.191. The summed E-state index contributed by atoms with van der Waals surface area (Å²) in [5.74, 6) is -1.31. The van der Waals surface area contributed by atoms with Gasteiger partial charge in [0.05, 0.1) is 6.61 Å². The second-order valence-corrected chi connectivity index (χ2v) is 3.49. The predicted octanol–water partition coefficient (Wildman–Crippen LogP) is 0.782. The summed E-state index contributed by atoms with van der Waals surface area (Å²) in [4.78, 5) is 22.2. The van der Waals surface area contributed by atoms with Gasteiger partial charge in [-0.3, -0.25) is 4.79 Å². The number of carbonyl (C=O) groups is 2. The van der Waals surface area contributed by atoms with Crippen molar-refractivity contribution in [3.8, 4) is 0 Å². The second-order valence-electron chi connectivity index (χ2n) is 3.49. The maximum atomic E-state index is 11.3. The number of nitrogens with one attached hydrogen (secondary N) is 1. The van der Waals surface area contributed by atoms with Gasteiger partial charge in [-0.2, -0.15) is 0 Å². The van der Waals surface area contributed by atoms with Crippen LogP contribution in [0.1, 0.15) is 33.6 Å². The number of carboxylic acid groups (broad SMARTS) is 1. The normalized spacial score (nSPS) is 14.3. The van der Waals surface area contributed by atoms with Crippen molar-refractivity contribution >= 4 is 11.9 Å². The van der Waals surface area contributed by atoms with E-state index in [9.17, 15) is 9.59 Å². The molecule has 0 aliphatic carbocycles. The Hall–Kier alpha value is -1.10. The zero-order chi connectivity index (χ0) is 11.9. The molecule has 0 aromatic carbocycles. The van der Waals surface area contributed by atoms with E-state index in [1.54, 1.807) is 6.92 Å². The molecule has 0 bridgehead atoms. The fourth-order valence-electron chi connectivity index (χ4n) is 0.972. The fraction of sp³-hybridized carbons (Fsp3) is 0.800. The van der Waals surface area contributed by atoms with Crippen molar-refractivity contribution in [2.24, 2.45) is 0 Å². The van der Waals surface area contributed by atoms with E-state index >= 15 is 0 Å². The molecule has 0 aliphatic heterocycles. The Kier molecular flexibility index (Phi) is 5.93. The van der Waals surface area contributed by atoms with E-state index in [1.807, 2.05) is 6.92 Å². The minimum Gasteiger partial charge on any atom is -0.480 e. The standard InChI is InChI=1S/C10H19NO4/c1-4-10(3,9(13)14)11-8(12)6-7-15-5-2/h4-7H2,1-3H3,(H,11,12)(H,13,14). The van der Waals surface area contributed by atoms with Gasteiger partial charge in [-0.15, -0.1) is 0 Å². The first-order valence-corrected chi connectivity index (χ1v) is 5.08. The Morgan fingerprint density at radius 2 is 2.00 bits per heavy atom. The van der Waals surface area contributed by atoms with E-state index < -0.39 is 11.5 Å². The molecule has 0 aliphatic rings. The lowest BCUT2D eigenvalue weighted by atomic mass is 9.99. The Morgan fingerprint density at radius 3 is 2.40 bits per heavy atom. The molecule has 0 aromatic heterocycles. The van der Waals surface area contributed by atoms with Crippen molar-refractivity contribution in [1.29, 1.82) is 0 Å². The molecule has 0 radical (unpaired) electrons. The van der Waals surface area contributed by atoms with E-state index in [1.165, 1.54) is 6.92 Å². The number of hydrogen-bond acceptors (Lipinski definition) is 3. The van der Waals surface area contributed by atoms with E-state index in [2.05, 4.69) is 5.32 Å². The zero-order valence-corrected chi connectivity index (χ0v) is 9.50. The first-order chi connectivity index (χ1) is 6.96. The van der Waals surface area contributed by atoms with Gasteiger partial charge < -0.3 is 15.2 Å². The highest BCUT2D eigenvalue weighted by Gasteiger charge is 2.32. The summed E-state index contributed by atoms with van der Waals surface area (Å²) in [6.45, 7) is 5.93. The summed E-state index contributed by atoms with van der Waals surface area (Å²) in [7, 11) is 0. The molecule has 5 heteroatoms. The molecule has 0 saturated carbocycles. The largest absolute Gasteiger partial charge is 0.480 e. The fourth-order valence-corrected chi connectivity index (χ4v) is 0.972. The van der Waals surface area contributed by atoms with Crippen molar-refractivity contribution in [2.75, 3.05) is 13.2 Å². The average molecular weight is 217 g/mol. The monoisotopic (exact) mass is 217 g/mol. The average Bonchev–Trinajstić information content (AvgIpc) is 2.17. The van der Waals surface area contributed by atoms with Gasteiger partial charge in [-0.25, -0.2) is 4.79 Å². The van der Waals surface area contributed by atoms with Crippen LogP contribution in [0, 0.1) is 0 Å². The number of carbonyl (C=O) groups excluding carboxylic acids is 1. The van der Waals surface area contributed by atoms with Gasteiger partial charge >= 0.3 is 5.97 Å². The first kappa shape index (κ1) is 13.9. The number of carboxylic acids is 1. The summed E-state index contributed by atoms with van der Waals surface area (Å²) in [6.07, 6.45) is 0.541. The molecule has 5 nitrogen and oxygen atoms in total. The molecule has 15 heavy (non-hydrogen) atoms. The van der Waals surface area contributed by atoms with Crippen LogP contribution in [0.4, 0.5) is 0 Å². The van der Waals surface area contributed by atoms with Crippen LogP contribution in [-0.2, 0) is 14.3 Å². The highest BCUT2D eigenvalue weighted by atomic mass is 16.5. The molecule has 0 saturated heterocycles. The first-order valence-electron chi connectivity index (χ1n) is 5.08. The zero-order valence-electron chi connectivity index (χ0n) is 9.50. The van der Waals surface area contributed by atoms with Gasteiger partial charge in [-0.05, 0) is 20.3 Å².